The number of nitrogens with zero attached hydrogens (tertiary/aromatic N) is 2. The van der Waals surface area contributed by atoms with Gasteiger partial charge in [-0.25, -0.2) is 4.98 Å². The first kappa shape index (κ1) is 11.0. The lowest BCUT2D eigenvalue weighted by Crippen LogP contribution is -2.34. The number of halogens is 1. The maximum absolute atomic E-state index is 12.3. The molecule has 0 aliphatic heterocycles. The molecule has 0 unspecified atom stereocenters. The van der Waals surface area contributed by atoms with Crippen LogP contribution in [0.2, 0.25) is 5.15 Å². The second-order valence-electron chi connectivity index (χ2n) is 5.00. The summed E-state index contributed by atoms with van der Waals surface area (Å²) in [7, 11) is 0. The van der Waals surface area contributed by atoms with Gasteiger partial charge in [-0.3, -0.25) is 4.79 Å². The van der Waals surface area contributed by atoms with Crippen LogP contribution in [0, 0.1) is 5.92 Å². The average Bonchev–Trinajstić information content (AvgIpc) is 3.18. The Hall–Kier alpha value is -1.09. The molecule has 0 atom stereocenters. The number of amides is 1. The molecular weight excluding hydrogens is 236 g/mol. The summed E-state index contributed by atoms with van der Waals surface area (Å²) >= 11 is 5.73. The molecule has 2 saturated carbocycles. The van der Waals surface area contributed by atoms with Gasteiger partial charge < -0.3 is 4.90 Å². The smallest absolute Gasteiger partial charge is 0.255 e. The van der Waals surface area contributed by atoms with Crippen molar-refractivity contribution in [3.63, 3.8) is 0 Å². The van der Waals surface area contributed by atoms with Crippen LogP contribution in [-0.4, -0.2) is 28.4 Å². The molecule has 0 N–H and O–H groups in total. The van der Waals surface area contributed by atoms with Crippen molar-refractivity contribution in [2.45, 2.75) is 31.7 Å². The highest BCUT2D eigenvalue weighted by Gasteiger charge is 2.36. The fourth-order valence-electron chi connectivity index (χ4n) is 2.03. The third kappa shape index (κ3) is 2.60. The summed E-state index contributed by atoms with van der Waals surface area (Å²) in [4.78, 5) is 18.3. The molecule has 3 nitrogen and oxygen atoms in total. The van der Waals surface area contributed by atoms with Crippen LogP contribution < -0.4 is 0 Å². The van der Waals surface area contributed by atoms with Gasteiger partial charge in [0.2, 0.25) is 0 Å². The van der Waals surface area contributed by atoms with Crippen LogP contribution in [0.25, 0.3) is 0 Å². The van der Waals surface area contributed by atoms with Crippen LogP contribution in [0.15, 0.2) is 18.3 Å². The topological polar surface area (TPSA) is 33.2 Å². The van der Waals surface area contributed by atoms with E-state index in [0.29, 0.717) is 16.8 Å². The number of carbonyl (C=O) groups excluding carboxylic acids is 1. The van der Waals surface area contributed by atoms with Crippen LogP contribution in [0.4, 0.5) is 0 Å². The highest BCUT2D eigenvalue weighted by molar-refractivity contribution is 6.29. The van der Waals surface area contributed by atoms with Crippen molar-refractivity contribution in [3.8, 4) is 0 Å². The number of pyridine rings is 1. The maximum atomic E-state index is 12.3. The monoisotopic (exact) mass is 250 g/mol. The van der Waals surface area contributed by atoms with E-state index in [0.717, 1.165) is 25.3 Å². The van der Waals surface area contributed by atoms with Crippen LogP contribution in [0.1, 0.15) is 36.0 Å². The van der Waals surface area contributed by atoms with Crippen molar-refractivity contribution in [1.29, 1.82) is 0 Å². The van der Waals surface area contributed by atoms with Gasteiger partial charge in [-0.15, -0.1) is 0 Å². The van der Waals surface area contributed by atoms with Gasteiger partial charge in [0.05, 0.1) is 5.56 Å². The third-order valence-corrected chi connectivity index (χ3v) is 3.60. The van der Waals surface area contributed by atoms with Gasteiger partial charge in [0, 0.05) is 18.8 Å². The molecule has 4 heteroatoms. The average molecular weight is 251 g/mol. The van der Waals surface area contributed by atoms with E-state index in [1.54, 1.807) is 18.3 Å². The van der Waals surface area contributed by atoms with E-state index < -0.39 is 0 Å². The molecule has 1 amide bonds. The minimum atomic E-state index is 0.114. The Morgan fingerprint density at radius 3 is 2.65 bits per heavy atom. The molecule has 17 heavy (non-hydrogen) atoms. The molecule has 3 rings (SSSR count). The van der Waals surface area contributed by atoms with Gasteiger partial charge in [-0.2, -0.15) is 0 Å². The summed E-state index contributed by atoms with van der Waals surface area (Å²) in [6.45, 7) is 0.923. The van der Waals surface area contributed by atoms with E-state index >= 15 is 0 Å². The van der Waals surface area contributed by atoms with Crippen LogP contribution >= 0.6 is 11.6 Å². The Morgan fingerprint density at radius 2 is 2.12 bits per heavy atom. The van der Waals surface area contributed by atoms with Gasteiger partial charge in [0.25, 0.3) is 5.91 Å². The summed E-state index contributed by atoms with van der Waals surface area (Å²) < 4.78 is 0. The molecule has 2 aliphatic rings. The lowest BCUT2D eigenvalue weighted by molar-refractivity contribution is 0.0734. The largest absolute Gasteiger partial charge is 0.335 e. The van der Waals surface area contributed by atoms with Crippen LogP contribution in [-0.2, 0) is 0 Å². The molecule has 90 valence electrons. The van der Waals surface area contributed by atoms with Gasteiger partial charge in [0.15, 0.2) is 0 Å². The lowest BCUT2D eigenvalue weighted by atomic mass is 10.2. The summed E-state index contributed by atoms with van der Waals surface area (Å²) in [5.74, 6) is 0.850. The minimum Gasteiger partial charge on any atom is -0.335 e. The molecule has 0 radical (unpaired) electrons. The predicted molar refractivity (Wildman–Crippen MR) is 66.0 cm³/mol. The molecule has 2 fully saturated rings. The Balaban J connectivity index is 1.75. The van der Waals surface area contributed by atoms with E-state index in [1.807, 2.05) is 4.90 Å². The quantitative estimate of drug-likeness (QED) is 0.770. The fourth-order valence-corrected chi connectivity index (χ4v) is 2.14. The van der Waals surface area contributed by atoms with Crippen molar-refractivity contribution in [1.82, 2.24) is 9.88 Å². The number of aromatic nitrogens is 1. The van der Waals surface area contributed by atoms with E-state index in [-0.39, 0.29) is 5.91 Å². The molecule has 1 aromatic rings. The van der Waals surface area contributed by atoms with Gasteiger partial charge in [-0.1, -0.05) is 11.6 Å². The maximum Gasteiger partial charge on any atom is 0.255 e. The summed E-state index contributed by atoms with van der Waals surface area (Å²) in [5, 5.41) is 0.432. The fraction of sp³-hybridized carbons (Fsp3) is 0.538. The van der Waals surface area contributed by atoms with E-state index in [4.69, 9.17) is 11.6 Å². The van der Waals surface area contributed by atoms with Crippen LogP contribution in [0.3, 0.4) is 0 Å². The van der Waals surface area contributed by atoms with Gasteiger partial charge in [-0.05, 0) is 43.7 Å². The van der Waals surface area contributed by atoms with Gasteiger partial charge in [0.1, 0.15) is 5.15 Å². The van der Waals surface area contributed by atoms with E-state index in [9.17, 15) is 4.79 Å². The molecule has 0 spiro atoms. The Labute approximate surface area is 106 Å². The number of rotatable bonds is 4. The zero-order valence-electron chi connectivity index (χ0n) is 9.60. The minimum absolute atomic E-state index is 0.114. The standard InChI is InChI=1S/C13H15ClN2O/c14-12-6-3-10(7-15-12)13(17)16(11-4-5-11)8-9-1-2-9/h3,6-7,9,11H,1-2,4-5,8H2. The normalized spacial score (nSPS) is 19.1. The van der Waals surface area contributed by atoms with Crippen molar-refractivity contribution < 1.29 is 4.79 Å². The Morgan fingerprint density at radius 1 is 1.35 bits per heavy atom. The van der Waals surface area contributed by atoms with Gasteiger partial charge >= 0.3 is 0 Å². The zero-order chi connectivity index (χ0) is 11.8. The number of hydrogen-bond acceptors (Lipinski definition) is 2. The summed E-state index contributed by atoms with van der Waals surface area (Å²) in [6.07, 6.45) is 6.43. The first-order valence-electron chi connectivity index (χ1n) is 6.16. The van der Waals surface area contributed by atoms with Crippen molar-refractivity contribution in [2.75, 3.05) is 6.54 Å². The second-order valence-corrected chi connectivity index (χ2v) is 5.39. The molecule has 1 heterocycles. The van der Waals surface area contributed by atoms with Crippen molar-refractivity contribution >= 4 is 17.5 Å². The molecule has 0 saturated heterocycles. The van der Waals surface area contributed by atoms with E-state index in [1.165, 1.54) is 12.8 Å². The highest BCUT2D eigenvalue weighted by Crippen LogP contribution is 2.35. The molecule has 1 aromatic heterocycles. The Bertz CT molecular complexity index is 424. The lowest BCUT2D eigenvalue weighted by Gasteiger charge is -2.22. The number of carbonyl (C=O) groups is 1. The third-order valence-electron chi connectivity index (χ3n) is 3.37. The molecule has 0 aromatic carbocycles. The first-order chi connectivity index (χ1) is 8.24. The molecule has 0 bridgehead atoms. The van der Waals surface area contributed by atoms with Crippen molar-refractivity contribution in [3.05, 3.63) is 29.0 Å². The highest BCUT2D eigenvalue weighted by atomic mass is 35.5. The molecular formula is C13H15ClN2O. The summed E-state index contributed by atoms with van der Waals surface area (Å²) in [5.41, 5.74) is 0.655. The zero-order valence-corrected chi connectivity index (χ0v) is 10.4. The Kier molecular flexibility index (Phi) is 2.79. The molecule has 2 aliphatic carbocycles. The SMILES string of the molecule is O=C(c1ccc(Cl)nc1)N(CC1CC1)C1CC1. The second kappa shape index (κ2) is 4.30. The summed E-state index contributed by atoms with van der Waals surface area (Å²) in [6, 6.07) is 3.91. The predicted octanol–water partition coefficient (Wildman–Crippen LogP) is 2.75. The van der Waals surface area contributed by atoms with Crippen molar-refractivity contribution in [2.24, 2.45) is 5.92 Å². The van der Waals surface area contributed by atoms with Crippen LogP contribution in [0.5, 0.6) is 0 Å². The van der Waals surface area contributed by atoms with E-state index in [2.05, 4.69) is 4.98 Å². The first-order valence-corrected chi connectivity index (χ1v) is 6.54. The number of hydrogen-bond donors (Lipinski definition) is 0.